The minimum Gasteiger partial charge on any atom is -0.476 e. The van der Waals surface area contributed by atoms with Gasteiger partial charge in [-0.05, 0) is 185 Å². The summed E-state index contributed by atoms with van der Waals surface area (Å²) in [6.07, 6.45) is 13.2. The van der Waals surface area contributed by atoms with E-state index in [0.29, 0.717) is 130 Å². The normalized spacial score (nSPS) is 21.5. The number of unbranched alkanes of at least 4 members (excludes halogenated alkanes) is 2. The van der Waals surface area contributed by atoms with Crippen molar-refractivity contribution in [3.63, 3.8) is 0 Å². The second-order valence-electron chi connectivity index (χ2n) is 31.9. The molecule has 4 bridgehead atoms. The fourth-order valence-corrected chi connectivity index (χ4v) is 19.9. The van der Waals surface area contributed by atoms with Gasteiger partial charge in [0.15, 0.2) is 10.8 Å². The van der Waals surface area contributed by atoms with E-state index >= 15 is 0 Å². The Bertz CT molecular complexity index is 4460. The summed E-state index contributed by atoms with van der Waals surface area (Å²) in [5.74, 6) is -3.54. The van der Waals surface area contributed by atoms with Crippen molar-refractivity contribution in [2.75, 3.05) is 74.1 Å². The summed E-state index contributed by atoms with van der Waals surface area (Å²) in [5.41, 5.74) is 10.8. The molecule has 29 nitrogen and oxygen atoms in total. The SMILES string of the molecule is Cc1c(-c2ccc(N3CCc4cccc(C(=O)Nc5nc6ccccc6s5)c4C3)nc2C(=O)O)cnn1CC12CC3(C)CC(C)(C1)CC(OCCN(CCCP(=O)(O)O)C1CCN(C(=O)OCc4ccc(NC(=O)[C@H](CCCNC(N)=O)NC(=O)[C@@H](NC(=O)CCCCCN5C(=O)C=CC5=O)C(C)C)cc4)CC1)(C3)C2. The lowest BCUT2D eigenvalue weighted by Gasteiger charge is -2.69. The number of imide groups is 1. The maximum atomic E-state index is 13.9. The molecule has 0 spiro atoms. The van der Waals surface area contributed by atoms with Crippen LogP contribution in [0, 0.1) is 29.1 Å². The summed E-state index contributed by atoms with van der Waals surface area (Å²) >= 11 is 1.41. The number of hydrogen-bond acceptors (Lipinski definition) is 18. The summed E-state index contributed by atoms with van der Waals surface area (Å²) < 4.78 is 28.2. The van der Waals surface area contributed by atoms with Gasteiger partial charge in [0, 0.05) is 105 Å². The van der Waals surface area contributed by atoms with Crippen LogP contribution < -0.4 is 37.2 Å². The van der Waals surface area contributed by atoms with Crippen molar-refractivity contribution in [1.82, 2.24) is 50.4 Å². The number of benzene rings is 3. The van der Waals surface area contributed by atoms with Crippen LogP contribution in [0.5, 0.6) is 0 Å². The number of carboxylic acid groups (broad SMARTS) is 1. The molecule has 4 atom stereocenters. The third kappa shape index (κ3) is 19.6. The molecular weight excluding hydrogens is 1450 g/mol. The molecule has 3 aliphatic heterocycles. The molecule has 110 heavy (non-hydrogen) atoms. The number of amides is 9. The van der Waals surface area contributed by atoms with Gasteiger partial charge in [0.2, 0.25) is 17.7 Å². The number of thiazole rings is 1. The fraction of sp³-hybridized carbons (Fsp3) is 0.519. The second kappa shape index (κ2) is 34.0. The molecular formula is C79H101N14O15PS. The number of carbonyl (C=O) groups excluding carboxylic acids is 8. The summed E-state index contributed by atoms with van der Waals surface area (Å²) in [5, 5.41) is 30.2. The molecule has 4 aliphatic carbocycles. The van der Waals surface area contributed by atoms with Gasteiger partial charge in [0.1, 0.15) is 24.5 Å². The van der Waals surface area contributed by atoms with Crippen LogP contribution in [0.1, 0.15) is 167 Å². The molecule has 1 saturated heterocycles. The smallest absolute Gasteiger partial charge is 0.410 e. The number of piperidine rings is 1. The highest BCUT2D eigenvalue weighted by Gasteiger charge is 2.66. The van der Waals surface area contributed by atoms with Gasteiger partial charge in [-0.2, -0.15) is 5.10 Å². The Morgan fingerprint density at radius 2 is 1.53 bits per heavy atom. The zero-order valence-electron chi connectivity index (χ0n) is 63.1. The van der Waals surface area contributed by atoms with Crippen LogP contribution in [-0.4, -0.2) is 185 Å². The Hall–Kier alpha value is -9.45. The monoisotopic (exact) mass is 1550 g/mol. The molecule has 3 aromatic carbocycles. The molecule has 7 aliphatic rings. The number of likely N-dealkylation sites (tertiary alicyclic amines) is 1. The average Bonchev–Trinajstić information content (AvgIpc) is 1.21. The number of nitrogens with one attached hydrogen (secondary N) is 5. The number of fused-ring (bicyclic) bond motifs is 2. The van der Waals surface area contributed by atoms with Crippen LogP contribution in [0.3, 0.4) is 0 Å². The third-order valence-electron chi connectivity index (χ3n) is 22.5. The second-order valence-corrected chi connectivity index (χ2v) is 34.7. The number of hydrogen-bond donors (Lipinski definition) is 9. The van der Waals surface area contributed by atoms with Crippen molar-refractivity contribution >= 4 is 99.3 Å². The lowest BCUT2D eigenvalue weighted by atomic mass is 9.39. The fourth-order valence-electron chi connectivity index (χ4n) is 18.5. The first-order valence-corrected chi connectivity index (χ1v) is 40.7. The number of primary amides is 1. The number of anilines is 3. The number of aromatic carboxylic acids is 1. The first kappa shape index (κ1) is 80.1. The molecule has 2 unspecified atom stereocenters. The van der Waals surface area contributed by atoms with Gasteiger partial charge < -0.3 is 61.2 Å². The Kier molecular flexibility index (Phi) is 24.8. The number of carbonyl (C=O) groups is 9. The van der Waals surface area contributed by atoms with Gasteiger partial charge in [-0.1, -0.05) is 81.9 Å². The first-order valence-electron chi connectivity index (χ1n) is 38.1. The molecule has 3 aromatic heterocycles. The molecule has 5 fully saturated rings. The van der Waals surface area contributed by atoms with Crippen molar-refractivity contribution in [1.29, 1.82) is 0 Å². The standard InChI is InChI=1S/C79H101N14O15PS/c1-50(2)67(87-64(94)19-7-6-10-33-92-65(95)26-27-66(92)96)71(99)84-61(17-12-31-81-73(80)102)70(98)83-54-22-20-52(21-23-54)42-107-75(103)90-35-29-55(30-36-90)89(32-13-39-109(104,105)106)37-38-108-79-46-76(4)43-77(5,47-79)45-78(44-76,48-79)49-93-51(3)58(40-82-93)56-24-25-63(86-68(56)72(100)101)91-34-28-53-14-11-15-57(59(53)41-91)69(97)88-74-85-60-16-8-9-18-62(60)110-74/h8-9,11,14-16,18,20-27,40,50,55,61,67H,6-7,10,12-13,17,19,28-39,41-49H2,1-5H3,(H,83,98)(H,84,99)(H,87,94)(H,100,101)(H3,80,81,102)(H,85,88,97)(H2,104,105,106)/t61-,67-,76?,77?,78?,79?/m0/s1. The summed E-state index contributed by atoms with van der Waals surface area (Å²) in [7, 11) is -4.28. The molecule has 4 saturated carbocycles. The Morgan fingerprint density at radius 1 is 0.791 bits per heavy atom. The molecule has 6 heterocycles. The van der Waals surface area contributed by atoms with E-state index in [0.717, 1.165) is 70.5 Å². The number of carboxylic acids is 1. The van der Waals surface area contributed by atoms with E-state index in [-0.39, 0.29) is 109 Å². The van der Waals surface area contributed by atoms with Crippen LogP contribution in [0.25, 0.3) is 21.3 Å². The summed E-state index contributed by atoms with van der Waals surface area (Å²) in [6.45, 7) is 14.3. The van der Waals surface area contributed by atoms with E-state index in [1.165, 1.54) is 23.5 Å². The van der Waals surface area contributed by atoms with Gasteiger partial charge in [-0.15, -0.1) is 0 Å². The molecule has 10 N–H and O–H groups in total. The quantitative estimate of drug-likeness (QED) is 0.0103. The molecule has 588 valence electrons. The van der Waals surface area contributed by atoms with Crippen molar-refractivity contribution < 1.29 is 72.1 Å². The van der Waals surface area contributed by atoms with E-state index in [2.05, 4.69) is 50.3 Å². The van der Waals surface area contributed by atoms with Crippen LogP contribution in [-0.2, 0) is 64.1 Å². The zero-order chi connectivity index (χ0) is 78.3. The number of pyridine rings is 1. The Morgan fingerprint density at radius 3 is 2.23 bits per heavy atom. The van der Waals surface area contributed by atoms with Crippen molar-refractivity contribution in [2.24, 2.45) is 27.9 Å². The van der Waals surface area contributed by atoms with E-state index in [9.17, 15) is 62.6 Å². The highest BCUT2D eigenvalue weighted by molar-refractivity contribution is 7.51. The minimum absolute atomic E-state index is 0.00504. The maximum Gasteiger partial charge on any atom is 0.410 e. The number of rotatable bonds is 34. The van der Waals surface area contributed by atoms with Crippen molar-refractivity contribution in [3.8, 4) is 11.1 Å². The van der Waals surface area contributed by atoms with E-state index < -0.39 is 55.2 Å². The van der Waals surface area contributed by atoms with E-state index in [4.69, 9.17) is 25.3 Å². The molecule has 6 aromatic rings. The molecule has 13 rings (SSSR count). The lowest BCUT2D eigenvalue weighted by molar-refractivity contribution is -0.249. The Balaban J connectivity index is 0.630. The maximum absolute atomic E-state index is 13.9. The number of aromatic nitrogens is 4. The number of ether oxygens (including phenoxy) is 2. The van der Waals surface area contributed by atoms with Gasteiger partial charge in [0.05, 0.1) is 34.8 Å². The number of para-hydroxylation sites is 1. The number of nitrogens with two attached hydrogens (primary N) is 1. The third-order valence-corrected chi connectivity index (χ3v) is 24.4. The average molecular weight is 1550 g/mol. The van der Waals surface area contributed by atoms with E-state index in [1.54, 1.807) is 55.3 Å². The predicted molar refractivity (Wildman–Crippen MR) is 414 cm³/mol. The predicted octanol–water partition coefficient (Wildman–Crippen LogP) is 9.68. The topological polar surface area (TPSA) is 393 Å². The minimum atomic E-state index is -4.28. The van der Waals surface area contributed by atoms with Crippen LogP contribution in [0.2, 0.25) is 0 Å². The van der Waals surface area contributed by atoms with Crippen LogP contribution in [0.15, 0.2) is 97.2 Å². The van der Waals surface area contributed by atoms with Gasteiger partial charge in [0.25, 0.3) is 17.7 Å². The number of nitrogens with zero attached hydrogens (tertiary/aromatic N) is 8. The number of urea groups is 1. The largest absolute Gasteiger partial charge is 0.476 e. The highest BCUT2D eigenvalue weighted by atomic mass is 32.1. The first-order chi connectivity index (χ1) is 52.4. The van der Waals surface area contributed by atoms with E-state index in [1.807, 2.05) is 65.0 Å². The van der Waals surface area contributed by atoms with Crippen LogP contribution in [0.4, 0.5) is 26.2 Å². The Labute approximate surface area is 643 Å². The van der Waals surface area contributed by atoms with Crippen molar-refractivity contribution in [2.45, 2.75) is 181 Å². The summed E-state index contributed by atoms with van der Waals surface area (Å²) in [4.78, 5) is 153. The van der Waals surface area contributed by atoms with Gasteiger partial charge >= 0.3 is 25.7 Å². The summed E-state index contributed by atoms with van der Waals surface area (Å²) in [6, 6.07) is 21.0. The highest BCUT2D eigenvalue weighted by Crippen LogP contribution is 2.72. The van der Waals surface area contributed by atoms with Crippen LogP contribution >= 0.6 is 18.9 Å². The van der Waals surface area contributed by atoms with Crippen molar-refractivity contribution in [3.05, 3.63) is 131 Å². The molecule has 0 radical (unpaired) electrons. The molecule has 9 amide bonds. The van der Waals surface area contributed by atoms with Gasteiger partial charge in [-0.3, -0.25) is 53.1 Å². The zero-order valence-corrected chi connectivity index (χ0v) is 64.8. The van der Waals surface area contributed by atoms with Gasteiger partial charge in [-0.25, -0.2) is 24.4 Å². The molecule has 31 heteroatoms. The lowest BCUT2D eigenvalue weighted by Crippen LogP contribution is -2.64.